The van der Waals surface area contributed by atoms with E-state index < -0.39 is 23.1 Å². The summed E-state index contributed by atoms with van der Waals surface area (Å²) in [5.41, 5.74) is -1.55. The molecule has 0 aromatic carbocycles. The molecule has 0 bridgehead atoms. The fraction of sp³-hybridized carbons (Fsp3) is 0.818. The van der Waals surface area contributed by atoms with Crippen molar-refractivity contribution in [2.75, 3.05) is 6.61 Å². The van der Waals surface area contributed by atoms with E-state index in [2.05, 4.69) is 0 Å². The number of hydrogen-bond acceptors (Lipinski definition) is 4. The molecule has 0 spiro atoms. The molecule has 1 fully saturated rings. The van der Waals surface area contributed by atoms with E-state index in [1.165, 1.54) is 0 Å². The third-order valence-corrected chi connectivity index (χ3v) is 2.46. The Morgan fingerprint density at radius 1 is 1.40 bits per heavy atom. The van der Waals surface area contributed by atoms with Crippen molar-refractivity contribution < 1.29 is 19.1 Å². The molecule has 0 saturated carbocycles. The van der Waals surface area contributed by atoms with Crippen LogP contribution in [0.15, 0.2) is 0 Å². The quantitative estimate of drug-likeness (QED) is 0.525. The lowest BCUT2D eigenvalue weighted by Gasteiger charge is -2.15. The van der Waals surface area contributed by atoms with Gasteiger partial charge in [0.25, 0.3) is 0 Å². The second-order valence-corrected chi connectivity index (χ2v) is 4.94. The normalized spacial score (nSPS) is 29.8. The van der Waals surface area contributed by atoms with E-state index in [0.29, 0.717) is 6.61 Å². The zero-order chi connectivity index (χ0) is 11.9. The third kappa shape index (κ3) is 2.20. The molecule has 15 heavy (non-hydrogen) atoms. The Balaban J connectivity index is 2.66. The Morgan fingerprint density at radius 3 is 2.33 bits per heavy atom. The van der Waals surface area contributed by atoms with Crippen LogP contribution in [-0.2, 0) is 19.1 Å². The Hall–Kier alpha value is -0.900. The van der Waals surface area contributed by atoms with Gasteiger partial charge < -0.3 is 9.47 Å². The topological polar surface area (TPSA) is 55.9 Å². The number of carbonyl (C=O) groups is 2. The summed E-state index contributed by atoms with van der Waals surface area (Å²) in [7, 11) is 0. The fourth-order valence-electron chi connectivity index (χ4n) is 1.34. The molecule has 4 heteroatoms. The van der Waals surface area contributed by atoms with Crippen molar-refractivity contribution in [1.29, 1.82) is 0 Å². The van der Waals surface area contributed by atoms with Crippen LogP contribution < -0.4 is 0 Å². The van der Waals surface area contributed by atoms with Crippen molar-refractivity contribution in [3.63, 3.8) is 0 Å². The van der Waals surface area contributed by atoms with Gasteiger partial charge in [0, 0.05) is 5.41 Å². The number of ether oxygens (including phenoxy) is 2. The van der Waals surface area contributed by atoms with Crippen LogP contribution in [0.2, 0.25) is 0 Å². The molecule has 2 atom stereocenters. The lowest BCUT2D eigenvalue weighted by Crippen LogP contribution is -2.34. The highest BCUT2D eigenvalue weighted by molar-refractivity contribution is 5.99. The molecule has 4 nitrogen and oxygen atoms in total. The van der Waals surface area contributed by atoms with Gasteiger partial charge in [-0.3, -0.25) is 4.79 Å². The fourth-order valence-corrected chi connectivity index (χ4v) is 1.34. The molecule has 0 N–H and O–H groups in total. The van der Waals surface area contributed by atoms with Crippen LogP contribution in [0, 0.1) is 5.41 Å². The first-order valence-corrected chi connectivity index (χ1v) is 5.13. The van der Waals surface area contributed by atoms with Gasteiger partial charge in [0.05, 0.1) is 6.61 Å². The molecule has 1 saturated heterocycles. The van der Waals surface area contributed by atoms with Crippen molar-refractivity contribution in [2.45, 2.75) is 46.3 Å². The summed E-state index contributed by atoms with van der Waals surface area (Å²) < 4.78 is 10.0. The third-order valence-electron chi connectivity index (χ3n) is 2.46. The van der Waals surface area contributed by atoms with Gasteiger partial charge in [0.1, 0.15) is 0 Å². The standard InChI is InChI=1S/C11H18O4/c1-6-14-9(13)11(5)8(15-11)7(12)10(2,3)4/h8H,6H2,1-5H3/t8-,11+/m1/s1. The van der Waals surface area contributed by atoms with Crippen LogP contribution in [0.4, 0.5) is 0 Å². The van der Waals surface area contributed by atoms with Crippen molar-refractivity contribution in [1.82, 2.24) is 0 Å². The highest BCUT2D eigenvalue weighted by Gasteiger charge is 2.65. The Kier molecular flexibility index (Phi) is 2.92. The summed E-state index contributed by atoms with van der Waals surface area (Å²) >= 11 is 0. The van der Waals surface area contributed by atoms with E-state index in [1.807, 2.05) is 20.8 Å². The predicted octanol–water partition coefficient (Wildman–Crippen LogP) is 1.32. The van der Waals surface area contributed by atoms with Crippen LogP contribution in [0.25, 0.3) is 0 Å². The van der Waals surface area contributed by atoms with E-state index in [4.69, 9.17) is 9.47 Å². The smallest absolute Gasteiger partial charge is 0.341 e. The monoisotopic (exact) mass is 214 g/mol. The summed E-state index contributed by atoms with van der Waals surface area (Å²) in [5.74, 6) is -0.509. The molecule has 0 radical (unpaired) electrons. The summed E-state index contributed by atoms with van der Waals surface area (Å²) in [4.78, 5) is 23.3. The first-order chi connectivity index (χ1) is 6.73. The summed E-state index contributed by atoms with van der Waals surface area (Å²) in [6, 6.07) is 0. The number of ketones is 1. The molecule has 0 amide bonds. The second-order valence-electron chi connectivity index (χ2n) is 4.94. The average molecular weight is 214 g/mol. The van der Waals surface area contributed by atoms with E-state index in [0.717, 1.165) is 0 Å². The highest BCUT2D eigenvalue weighted by Crippen LogP contribution is 2.41. The molecule has 0 aliphatic carbocycles. The lowest BCUT2D eigenvalue weighted by atomic mass is 9.85. The van der Waals surface area contributed by atoms with Gasteiger partial charge in [-0.2, -0.15) is 0 Å². The maximum atomic E-state index is 11.8. The van der Waals surface area contributed by atoms with Gasteiger partial charge in [-0.15, -0.1) is 0 Å². The zero-order valence-electron chi connectivity index (χ0n) is 9.92. The average Bonchev–Trinajstić information content (AvgIpc) is 2.77. The van der Waals surface area contributed by atoms with Crippen LogP contribution in [0.3, 0.4) is 0 Å². The molecular weight excluding hydrogens is 196 g/mol. The maximum Gasteiger partial charge on any atom is 0.341 e. The van der Waals surface area contributed by atoms with Gasteiger partial charge in [-0.05, 0) is 13.8 Å². The number of esters is 1. The number of epoxide rings is 1. The first kappa shape index (κ1) is 12.2. The van der Waals surface area contributed by atoms with Crippen LogP contribution in [0.1, 0.15) is 34.6 Å². The van der Waals surface area contributed by atoms with Gasteiger partial charge in [-0.25, -0.2) is 4.79 Å². The Morgan fingerprint density at radius 2 is 1.93 bits per heavy atom. The maximum absolute atomic E-state index is 11.8. The second kappa shape index (κ2) is 3.59. The molecule has 1 rings (SSSR count). The Bertz CT molecular complexity index is 289. The molecule has 0 aromatic heterocycles. The largest absolute Gasteiger partial charge is 0.464 e. The van der Waals surface area contributed by atoms with Crippen molar-refractivity contribution in [2.24, 2.45) is 5.41 Å². The minimum Gasteiger partial charge on any atom is -0.464 e. The van der Waals surface area contributed by atoms with E-state index in [-0.39, 0.29) is 5.78 Å². The molecule has 0 aromatic rings. The van der Waals surface area contributed by atoms with Gasteiger partial charge in [-0.1, -0.05) is 20.8 Å². The molecule has 1 heterocycles. The van der Waals surface area contributed by atoms with E-state index in [1.54, 1.807) is 13.8 Å². The van der Waals surface area contributed by atoms with Crippen LogP contribution >= 0.6 is 0 Å². The van der Waals surface area contributed by atoms with E-state index in [9.17, 15) is 9.59 Å². The SMILES string of the molecule is CCOC(=O)[C@@]1(C)O[C@@H]1C(=O)C(C)(C)C. The van der Waals surface area contributed by atoms with Gasteiger partial charge in [0.15, 0.2) is 17.5 Å². The minimum atomic E-state index is -1.06. The van der Waals surface area contributed by atoms with Crippen molar-refractivity contribution in [3.05, 3.63) is 0 Å². The van der Waals surface area contributed by atoms with E-state index >= 15 is 0 Å². The minimum absolute atomic E-state index is 0.0574. The van der Waals surface area contributed by atoms with Gasteiger partial charge in [0.2, 0.25) is 0 Å². The molecule has 86 valence electrons. The van der Waals surface area contributed by atoms with Gasteiger partial charge >= 0.3 is 5.97 Å². The number of hydrogen-bond donors (Lipinski definition) is 0. The lowest BCUT2D eigenvalue weighted by molar-refractivity contribution is -0.149. The zero-order valence-corrected chi connectivity index (χ0v) is 9.92. The summed E-state index contributed by atoms with van der Waals surface area (Å²) in [6.45, 7) is 9.05. The number of rotatable bonds is 3. The number of Topliss-reactive ketones (excluding diaryl/α,β-unsaturated/α-hetero) is 1. The first-order valence-electron chi connectivity index (χ1n) is 5.13. The number of carbonyl (C=O) groups excluding carboxylic acids is 2. The van der Waals surface area contributed by atoms with Crippen molar-refractivity contribution >= 4 is 11.8 Å². The highest BCUT2D eigenvalue weighted by atomic mass is 16.7. The van der Waals surface area contributed by atoms with Crippen LogP contribution in [0.5, 0.6) is 0 Å². The molecular formula is C11H18O4. The molecule has 0 unspecified atom stereocenters. The van der Waals surface area contributed by atoms with Crippen molar-refractivity contribution in [3.8, 4) is 0 Å². The summed E-state index contributed by atoms with van der Waals surface area (Å²) in [6.07, 6.45) is -0.642. The molecule has 1 aliphatic heterocycles. The summed E-state index contributed by atoms with van der Waals surface area (Å²) in [5, 5.41) is 0. The Labute approximate surface area is 89.9 Å². The molecule has 1 aliphatic rings. The van der Waals surface area contributed by atoms with Crippen LogP contribution in [-0.4, -0.2) is 30.1 Å². The predicted molar refractivity (Wildman–Crippen MR) is 54.4 cm³/mol.